The number of pyridine rings is 2. The number of sulfonamides is 1. The van der Waals surface area contributed by atoms with Gasteiger partial charge in [-0.3, -0.25) is 24.7 Å². The molecule has 2 N–H and O–H groups in total. The number of amides is 1. The molecule has 1 spiro atoms. The molecule has 7 heterocycles. The second-order valence-electron chi connectivity index (χ2n) is 19.4. The van der Waals surface area contributed by atoms with E-state index in [1.54, 1.807) is 18.3 Å². The molecule has 0 radical (unpaired) electrons. The third-order valence-electron chi connectivity index (χ3n) is 14.9. The predicted molar refractivity (Wildman–Crippen MR) is 249 cm³/mol. The number of ether oxygens (including phenoxy) is 3. The summed E-state index contributed by atoms with van der Waals surface area (Å²) in [4.78, 5) is 44.0. The zero-order chi connectivity index (χ0) is 46.5. The number of likely N-dealkylation sites (tertiary alicyclic amines) is 2. The molecule has 67 heavy (non-hydrogen) atoms. The van der Waals surface area contributed by atoms with Crippen LogP contribution in [-0.4, -0.2) is 114 Å². The van der Waals surface area contributed by atoms with Gasteiger partial charge >= 0.3 is 5.69 Å². The van der Waals surface area contributed by atoms with Crippen LogP contribution < -0.4 is 19.1 Å². The molecule has 5 aromatic rings. The maximum absolute atomic E-state index is 15.8. The summed E-state index contributed by atoms with van der Waals surface area (Å²) in [5, 5.41) is 13.0. The third kappa shape index (κ3) is 9.20. The van der Waals surface area contributed by atoms with Crippen molar-refractivity contribution < 1.29 is 36.7 Å². The number of nitro benzene ring substituents is 1. The largest absolute Gasteiger partial charge is 0.483 e. The Morgan fingerprint density at radius 1 is 0.970 bits per heavy atom. The number of alkyl halides is 1. The van der Waals surface area contributed by atoms with Gasteiger partial charge in [0.25, 0.3) is 15.9 Å². The highest BCUT2D eigenvalue weighted by Crippen LogP contribution is 2.54. The van der Waals surface area contributed by atoms with Gasteiger partial charge in [-0.05, 0) is 105 Å². The van der Waals surface area contributed by atoms with Gasteiger partial charge in [0.15, 0.2) is 5.75 Å². The molecule has 1 unspecified atom stereocenters. The van der Waals surface area contributed by atoms with Crippen molar-refractivity contribution in [1.29, 1.82) is 0 Å². The Balaban J connectivity index is 0.825. The van der Waals surface area contributed by atoms with Crippen molar-refractivity contribution in [2.24, 2.45) is 5.41 Å². The summed E-state index contributed by atoms with van der Waals surface area (Å²) in [7, 11) is -4.69. The van der Waals surface area contributed by atoms with Crippen LogP contribution in [0.15, 0.2) is 84.1 Å². The van der Waals surface area contributed by atoms with E-state index >= 15 is 4.39 Å². The molecule has 2 aromatic carbocycles. The minimum Gasteiger partial charge on any atom is -0.483 e. The Morgan fingerprint density at radius 2 is 1.75 bits per heavy atom. The number of nitrogens with one attached hydrogen (secondary N) is 2. The summed E-state index contributed by atoms with van der Waals surface area (Å²) in [5.41, 5.74) is 1.26. The van der Waals surface area contributed by atoms with Gasteiger partial charge in [0.1, 0.15) is 40.8 Å². The smallest absolute Gasteiger partial charge is 0.312 e. The van der Waals surface area contributed by atoms with Gasteiger partial charge in [-0.1, -0.05) is 38.1 Å². The van der Waals surface area contributed by atoms with E-state index in [1.165, 1.54) is 49.2 Å². The van der Waals surface area contributed by atoms with Crippen LogP contribution in [-0.2, 0) is 14.8 Å². The van der Waals surface area contributed by atoms with Gasteiger partial charge in [0, 0.05) is 68.2 Å². The number of H-pyrrole nitrogens is 1. The molecule has 4 aliphatic heterocycles. The first-order valence-corrected chi connectivity index (χ1v) is 24.9. The summed E-state index contributed by atoms with van der Waals surface area (Å²) in [6.07, 6.45) is 11.6. The van der Waals surface area contributed by atoms with E-state index in [1.807, 2.05) is 6.07 Å². The number of carbonyl (C=O) groups is 1. The van der Waals surface area contributed by atoms with Crippen LogP contribution in [0.5, 0.6) is 17.2 Å². The normalized spacial score (nSPS) is 21.3. The van der Waals surface area contributed by atoms with Gasteiger partial charge in [-0.25, -0.2) is 27.5 Å². The van der Waals surface area contributed by atoms with E-state index in [9.17, 15) is 23.3 Å². The number of piperidine rings is 2. The molecule has 10 rings (SSSR count). The number of aromatic amines is 1. The summed E-state index contributed by atoms with van der Waals surface area (Å²) in [6, 6.07) is 18.4. The molecule has 3 aromatic heterocycles. The summed E-state index contributed by atoms with van der Waals surface area (Å²) in [6.45, 7) is 9.01. The van der Waals surface area contributed by atoms with Crippen LogP contribution in [0.3, 0.4) is 0 Å². The van der Waals surface area contributed by atoms with Crippen molar-refractivity contribution in [1.82, 2.24) is 29.5 Å². The summed E-state index contributed by atoms with van der Waals surface area (Å²) >= 11 is 0. The fourth-order valence-corrected chi connectivity index (χ4v) is 11.9. The molecule has 1 amide bonds. The van der Waals surface area contributed by atoms with Gasteiger partial charge < -0.3 is 24.1 Å². The number of carbonyl (C=O) groups excluding carboxylic acids is 1. The van der Waals surface area contributed by atoms with E-state index in [0.29, 0.717) is 61.5 Å². The first-order chi connectivity index (χ1) is 32.3. The van der Waals surface area contributed by atoms with E-state index in [-0.39, 0.29) is 41.4 Å². The lowest BCUT2D eigenvalue weighted by Gasteiger charge is -2.56. The minimum absolute atomic E-state index is 0.0573. The number of hydrogen-bond acceptors (Lipinski definition) is 13. The predicted octanol–water partition coefficient (Wildman–Crippen LogP) is 8.07. The maximum Gasteiger partial charge on any atom is 0.312 e. The molecular formula is C49H57FN8O8S. The quantitative estimate of drug-likeness (QED) is 0.0806. The number of anilines is 1. The Morgan fingerprint density at radius 3 is 2.48 bits per heavy atom. The number of halogens is 1. The molecule has 0 bridgehead atoms. The average molecular weight is 937 g/mol. The summed E-state index contributed by atoms with van der Waals surface area (Å²) in [5.74, 6) is 0.0983. The van der Waals surface area contributed by atoms with Crippen LogP contribution >= 0.6 is 0 Å². The number of benzene rings is 2. The van der Waals surface area contributed by atoms with Gasteiger partial charge in [-0.15, -0.1) is 0 Å². The number of aromatic nitrogens is 3. The molecule has 354 valence electrons. The zero-order valence-corrected chi connectivity index (χ0v) is 38.7. The van der Waals surface area contributed by atoms with Crippen molar-refractivity contribution >= 4 is 38.5 Å². The maximum atomic E-state index is 15.8. The van der Waals surface area contributed by atoms with Gasteiger partial charge in [0.2, 0.25) is 0 Å². The van der Waals surface area contributed by atoms with Crippen LogP contribution in [0.2, 0.25) is 0 Å². The Labute approximate surface area is 389 Å². The lowest BCUT2D eigenvalue weighted by atomic mass is 9.60. The van der Waals surface area contributed by atoms with E-state index in [2.05, 4.69) is 72.5 Å². The SMILES string of the molecule is CC(C)c1ccccc1C1CCCN1C1CC2(CCN(c3cc(Oc4cnc5[nH]ccc5c4)c(C(=O)NS(=O)(=O)c4ccc(OCC5(F)CCN(C6COC6)CC5)c([N+](=O)[O-])c4)cn3)CC2)C1. The monoisotopic (exact) mass is 936 g/mol. The van der Waals surface area contributed by atoms with Crippen LogP contribution in [0.25, 0.3) is 11.0 Å². The number of nitro groups is 1. The second kappa shape index (κ2) is 18.1. The van der Waals surface area contributed by atoms with Gasteiger partial charge in [-0.2, -0.15) is 0 Å². The topological polar surface area (TPSA) is 185 Å². The minimum atomic E-state index is -4.69. The fraction of sp³-hybridized carbons (Fsp3) is 0.490. The highest BCUT2D eigenvalue weighted by Gasteiger charge is 2.50. The molecule has 16 nitrogen and oxygen atoms in total. The van der Waals surface area contributed by atoms with Gasteiger partial charge in [0.05, 0.1) is 35.3 Å². The molecule has 1 saturated carbocycles. The molecule has 1 aliphatic carbocycles. The fourth-order valence-electron chi connectivity index (χ4n) is 10.9. The van der Waals surface area contributed by atoms with Crippen LogP contribution in [0, 0.1) is 15.5 Å². The number of nitrogens with zero attached hydrogens (tertiary/aromatic N) is 6. The first-order valence-electron chi connectivity index (χ1n) is 23.5. The standard InChI is InChI=1S/C49H57FN8O8S/c1-32(2)38-6-3-4-7-39(38)41-8-5-17-57(41)34-25-48(26-34)12-18-56(19-13-48)45-24-44(66-36-22-33-11-16-51-46(33)53-27-36)40(28-52-45)47(59)54-67(62,63)37-9-10-43(42(23-37)58(60)61)65-31-49(50)14-20-55(21-15-49)35-29-64-30-35/h3-4,6-7,9-11,16,22-24,27-28,32,34-35,41H,5,8,12-15,17-21,25-26,29-31H2,1-2H3,(H,51,53)(H,54,59). The first kappa shape index (κ1) is 45.1. The molecule has 18 heteroatoms. The summed E-state index contributed by atoms with van der Waals surface area (Å²) < 4.78 is 62.5. The number of fused-ring (bicyclic) bond motifs is 1. The molecule has 5 fully saturated rings. The lowest BCUT2D eigenvalue weighted by molar-refractivity contribution is -0.386. The zero-order valence-electron chi connectivity index (χ0n) is 37.9. The molecular weight excluding hydrogens is 880 g/mol. The third-order valence-corrected chi connectivity index (χ3v) is 16.2. The highest BCUT2D eigenvalue weighted by molar-refractivity contribution is 7.90. The average Bonchev–Trinajstić information content (AvgIpc) is 3.98. The Bertz CT molecular complexity index is 2760. The lowest BCUT2D eigenvalue weighted by Crippen LogP contribution is -2.55. The van der Waals surface area contributed by atoms with Crippen molar-refractivity contribution in [3.63, 3.8) is 0 Å². The second-order valence-corrected chi connectivity index (χ2v) is 21.1. The Kier molecular flexibility index (Phi) is 12.2. The van der Waals surface area contributed by atoms with Crippen LogP contribution in [0.1, 0.15) is 98.7 Å². The Hall–Kier alpha value is -5.69. The van der Waals surface area contributed by atoms with E-state index < -0.39 is 43.7 Å². The van der Waals surface area contributed by atoms with Crippen molar-refractivity contribution in [3.8, 4) is 17.2 Å². The van der Waals surface area contributed by atoms with Crippen molar-refractivity contribution in [2.75, 3.05) is 57.4 Å². The van der Waals surface area contributed by atoms with E-state index in [0.717, 1.165) is 56.1 Å². The molecule has 5 aliphatic rings. The van der Waals surface area contributed by atoms with Crippen molar-refractivity contribution in [3.05, 3.63) is 106 Å². The highest BCUT2D eigenvalue weighted by atomic mass is 32.2. The van der Waals surface area contributed by atoms with Crippen molar-refractivity contribution in [2.45, 2.75) is 99.8 Å². The number of rotatable bonds is 14. The molecule has 4 saturated heterocycles. The van der Waals surface area contributed by atoms with Crippen LogP contribution in [0.4, 0.5) is 15.9 Å². The van der Waals surface area contributed by atoms with E-state index in [4.69, 9.17) is 14.2 Å². The number of hydrogen-bond donors (Lipinski definition) is 2. The molecule has 1 atom stereocenters.